The number of nitrogens with zero attached hydrogens (tertiary/aromatic N) is 4. The third-order valence-electron chi connectivity index (χ3n) is 3.92. The lowest BCUT2D eigenvalue weighted by atomic mass is 10.4. The summed E-state index contributed by atoms with van der Waals surface area (Å²) in [7, 11) is 2.21. The molecule has 1 fully saturated rings. The SMILES string of the molecule is CCNC(=NCc1ncc(C)s1)NCCN1CCCN(C)CC1. The van der Waals surface area contributed by atoms with E-state index in [-0.39, 0.29) is 0 Å². The summed E-state index contributed by atoms with van der Waals surface area (Å²) in [6, 6.07) is 0. The van der Waals surface area contributed by atoms with Crippen LogP contribution in [0.4, 0.5) is 0 Å². The molecule has 0 aromatic carbocycles. The van der Waals surface area contributed by atoms with E-state index < -0.39 is 0 Å². The molecule has 2 heterocycles. The van der Waals surface area contributed by atoms with Gasteiger partial charge in [-0.05, 0) is 40.4 Å². The van der Waals surface area contributed by atoms with Gasteiger partial charge in [0.15, 0.2) is 5.96 Å². The Morgan fingerprint density at radius 3 is 2.91 bits per heavy atom. The van der Waals surface area contributed by atoms with Crippen LogP contribution >= 0.6 is 11.3 Å². The largest absolute Gasteiger partial charge is 0.357 e. The number of hydrogen-bond donors (Lipinski definition) is 2. The van der Waals surface area contributed by atoms with Crippen LogP contribution in [0.5, 0.6) is 0 Å². The molecule has 1 aromatic heterocycles. The zero-order valence-corrected chi connectivity index (χ0v) is 15.5. The standard InChI is InChI=1S/C16H30N6S/c1-4-17-16(20-13-15-19-12-14(2)23-15)18-6-9-22-8-5-7-21(3)10-11-22/h12H,4-11,13H2,1-3H3,(H2,17,18,20). The zero-order valence-electron chi connectivity index (χ0n) is 14.6. The number of aliphatic imine (C=N–C) groups is 1. The zero-order chi connectivity index (χ0) is 16.5. The maximum atomic E-state index is 4.63. The van der Waals surface area contributed by atoms with Gasteiger partial charge in [-0.1, -0.05) is 0 Å². The first-order valence-corrected chi connectivity index (χ1v) is 9.33. The average molecular weight is 339 g/mol. The molecule has 130 valence electrons. The summed E-state index contributed by atoms with van der Waals surface area (Å²) >= 11 is 1.71. The number of guanidine groups is 1. The summed E-state index contributed by atoms with van der Waals surface area (Å²) in [5.74, 6) is 0.882. The summed E-state index contributed by atoms with van der Waals surface area (Å²) in [6.45, 7) is 12.4. The Kier molecular flexibility index (Phi) is 7.78. The number of nitrogens with one attached hydrogen (secondary N) is 2. The van der Waals surface area contributed by atoms with Crippen molar-refractivity contribution in [2.75, 3.05) is 52.9 Å². The van der Waals surface area contributed by atoms with Crippen LogP contribution in [0.2, 0.25) is 0 Å². The third kappa shape index (κ3) is 6.85. The summed E-state index contributed by atoms with van der Waals surface area (Å²) < 4.78 is 0. The van der Waals surface area contributed by atoms with E-state index in [1.54, 1.807) is 11.3 Å². The van der Waals surface area contributed by atoms with Gasteiger partial charge < -0.3 is 20.4 Å². The highest BCUT2D eigenvalue weighted by Crippen LogP contribution is 2.11. The van der Waals surface area contributed by atoms with E-state index in [0.717, 1.165) is 43.7 Å². The van der Waals surface area contributed by atoms with Gasteiger partial charge in [0.05, 0.1) is 6.54 Å². The Hall–Kier alpha value is -1.18. The maximum absolute atomic E-state index is 4.63. The molecule has 0 radical (unpaired) electrons. The third-order valence-corrected chi connectivity index (χ3v) is 4.82. The number of thiazole rings is 1. The van der Waals surface area contributed by atoms with Crippen molar-refractivity contribution in [1.82, 2.24) is 25.4 Å². The molecule has 7 heteroatoms. The van der Waals surface area contributed by atoms with Crippen LogP contribution in [0.25, 0.3) is 0 Å². The first-order valence-electron chi connectivity index (χ1n) is 8.51. The molecule has 2 N–H and O–H groups in total. The van der Waals surface area contributed by atoms with E-state index in [1.807, 2.05) is 6.20 Å². The van der Waals surface area contributed by atoms with Crippen LogP contribution < -0.4 is 10.6 Å². The Labute approximate surface area is 144 Å². The van der Waals surface area contributed by atoms with Gasteiger partial charge in [-0.3, -0.25) is 0 Å². The van der Waals surface area contributed by atoms with Gasteiger partial charge in [-0.15, -0.1) is 11.3 Å². The van der Waals surface area contributed by atoms with Crippen molar-refractivity contribution < 1.29 is 0 Å². The lowest BCUT2D eigenvalue weighted by Gasteiger charge is -2.21. The molecule has 1 aromatic rings. The van der Waals surface area contributed by atoms with Crippen LogP contribution in [0.15, 0.2) is 11.2 Å². The fourth-order valence-corrected chi connectivity index (χ4v) is 3.33. The second-order valence-electron chi connectivity index (χ2n) is 5.99. The van der Waals surface area contributed by atoms with E-state index in [1.165, 1.54) is 24.4 Å². The Morgan fingerprint density at radius 2 is 2.17 bits per heavy atom. The maximum Gasteiger partial charge on any atom is 0.191 e. The second kappa shape index (κ2) is 9.85. The van der Waals surface area contributed by atoms with E-state index in [2.05, 4.69) is 51.3 Å². The van der Waals surface area contributed by atoms with Gasteiger partial charge in [0.25, 0.3) is 0 Å². The normalized spacial score (nSPS) is 18.0. The average Bonchev–Trinajstić information content (AvgIpc) is 2.83. The quantitative estimate of drug-likeness (QED) is 0.602. The van der Waals surface area contributed by atoms with Gasteiger partial charge in [0, 0.05) is 43.8 Å². The van der Waals surface area contributed by atoms with E-state index >= 15 is 0 Å². The number of rotatable bonds is 6. The summed E-state index contributed by atoms with van der Waals surface area (Å²) in [5.41, 5.74) is 0. The predicted molar refractivity (Wildman–Crippen MR) is 98.2 cm³/mol. The van der Waals surface area contributed by atoms with E-state index in [4.69, 9.17) is 0 Å². The van der Waals surface area contributed by atoms with Crippen LogP contribution in [0, 0.1) is 6.92 Å². The Morgan fingerprint density at radius 1 is 1.30 bits per heavy atom. The van der Waals surface area contributed by atoms with Crippen molar-refractivity contribution in [3.8, 4) is 0 Å². The predicted octanol–water partition coefficient (Wildman–Crippen LogP) is 1.14. The lowest BCUT2D eigenvalue weighted by Crippen LogP contribution is -2.42. The molecule has 0 spiro atoms. The van der Waals surface area contributed by atoms with Crippen molar-refractivity contribution in [2.24, 2.45) is 4.99 Å². The Balaban J connectivity index is 1.75. The molecule has 1 saturated heterocycles. The number of aromatic nitrogens is 1. The van der Waals surface area contributed by atoms with Crippen LogP contribution in [0.1, 0.15) is 23.2 Å². The van der Waals surface area contributed by atoms with Crippen LogP contribution in [-0.2, 0) is 6.54 Å². The molecule has 0 aliphatic carbocycles. The van der Waals surface area contributed by atoms with Gasteiger partial charge in [-0.2, -0.15) is 0 Å². The molecule has 0 saturated carbocycles. The molecule has 0 amide bonds. The molecular weight excluding hydrogens is 308 g/mol. The summed E-state index contributed by atoms with van der Waals surface area (Å²) in [5, 5.41) is 7.81. The van der Waals surface area contributed by atoms with Crippen LogP contribution in [-0.4, -0.2) is 73.6 Å². The first kappa shape index (κ1) is 18.2. The van der Waals surface area contributed by atoms with Gasteiger partial charge in [0.2, 0.25) is 0 Å². The molecule has 23 heavy (non-hydrogen) atoms. The highest BCUT2D eigenvalue weighted by molar-refractivity contribution is 7.11. The topological polar surface area (TPSA) is 55.8 Å². The molecule has 0 atom stereocenters. The van der Waals surface area contributed by atoms with Crippen molar-refractivity contribution in [1.29, 1.82) is 0 Å². The van der Waals surface area contributed by atoms with E-state index in [0.29, 0.717) is 6.54 Å². The monoisotopic (exact) mass is 338 g/mol. The molecule has 6 nitrogen and oxygen atoms in total. The van der Waals surface area contributed by atoms with E-state index in [9.17, 15) is 0 Å². The van der Waals surface area contributed by atoms with Crippen molar-refractivity contribution in [2.45, 2.75) is 26.8 Å². The fraction of sp³-hybridized carbons (Fsp3) is 0.750. The lowest BCUT2D eigenvalue weighted by molar-refractivity contribution is 0.280. The highest BCUT2D eigenvalue weighted by atomic mass is 32.1. The fourth-order valence-electron chi connectivity index (χ4n) is 2.62. The second-order valence-corrected chi connectivity index (χ2v) is 7.30. The van der Waals surface area contributed by atoms with Crippen molar-refractivity contribution >= 4 is 17.3 Å². The first-order chi connectivity index (χ1) is 11.2. The minimum absolute atomic E-state index is 0.641. The minimum Gasteiger partial charge on any atom is -0.357 e. The molecule has 0 unspecified atom stereocenters. The number of aryl methyl sites for hydroxylation is 1. The number of hydrogen-bond acceptors (Lipinski definition) is 5. The Bertz CT molecular complexity index is 487. The summed E-state index contributed by atoms with van der Waals surface area (Å²) in [6.07, 6.45) is 3.17. The smallest absolute Gasteiger partial charge is 0.191 e. The molecule has 0 bridgehead atoms. The molecular formula is C16H30N6S. The van der Waals surface area contributed by atoms with Gasteiger partial charge >= 0.3 is 0 Å². The minimum atomic E-state index is 0.641. The number of likely N-dealkylation sites (N-methyl/N-ethyl adjacent to an activating group) is 1. The van der Waals surface area contributed by atoms with Crippen molar-refractivity contribution in [3.05, 3.63) is 16.1 Å². The van der Waals surface area contributed by atoms with Crippen LogP contribution in [0.3, 0.4) is 0 Å². The molecule has 2 rings (SSSR count). The molecule has 1 aliphatic heterocycles. The highest BCUT2D eigenvalue weighted by Gasteiger charge is 2.11. The summed E-state index contributed by atoms with van der Waals surface area (Å²) in [4.78, 5) is 15.2. The van der Waals surface area contributed by atoms with Gasteiger partial charge in [0.1, 0.15) is 5.01 Å². The molecule has 1 aliphatic rings. The van der Waals surface area contributed by atoms with Gasteiger partial charge in [-0.25, -0.2) is 9.98 Å². The van der Waals surface area contributed by atoms with Crippen molar-refractivity contribution in [3.63, 3.8) is 0 Å².